The maximum absolute atomic E-state index is 14.0. The summed E-state index contributed by atoms with van der Waals surface area (Å²) in [5, 5.41) is 2.90. The van der Waals surface area contributed by atoms with Gasteiger partial charge in [0.1, 0.15) is 17.9 Å². The van der Waals surface area contributed by atoms with E-state index in [1.165, 1.54) is 24.7 Å². The number of aromatic nitrogens is 2. The highest BCUT2D eigenvalue weighted by atomic mass is 19.1. The maximum atomic E-state index is 14.0. The Morgan fingerprint density at radius 3 is 2.67 bits per heavy atom. The van der Waals surface area contributed by atoms with Gasteiger partial charge < -0.3 is 24.6 Å². The van der Waals surface area contributed by atoms with Gasteiger partial charge in [0.2, 0.25) is 0 Å². The average Bonchev–Trinajstić information content (AvgIpc) is 2.82. The third-order valence-electron chi connectivity index (χ3n) is 5.35. The molecule has 0 radical (unpaired) electrons. The molecule has 9 nitrogen and oxygen atoms in total. The van der Waals surface area contributed by atoms with E-state index < -0.39 is 11.9 Å². The number of anilines is 1. The van der Waals surface area contributed by atoms with Gasteiger partial charge >= 0.3 is 6.09 Å². The molecule has 0 spiro atoms. The van der Waals surface area contributed by atoms with Crippen LogP contribution in [0.3, 0.4) is 0 Å². The Morgan fingerprint density at radius 2 is 1.97 bits per heavy atom. The van der Waals surface area contributed by atoms with Crippen LogP contribution in [0.2, 0.25) is 0 Å². The predicted octanol–water partition coefficient (Wildman–Crippen LogP) is 4.27. The molecule has 1 aromatic carbocycles. The number of halogens is 1. The summed E-state index contributed by atoms with van der Waals surface area (Å²) in [6.07, 6.45) is 5.40. The van der Waals surface area contributed by atoms with Crippen LogP contribution in [0.1, 0.15) is 50.4 Å². The van der Waals surface area contributed by atoms with Crippen LogP contribution in [0.4, 0.5) is 15.0 Å². The van der Waals surface area contributed by atoms with Gasteiger partial charge in [-0.25, -0.2) is 19.2 Å². The Balaban J connectivity index is 1.73. The van der Waals surface area contributed by atoms with E-state index in [4.69, 9.17) is 9.47 Å². The lowest BCUT2D eigenvalue weighted by Crippen LogP contribution is -2.37. The normalized spacial score (nSPS) is 13.5. The SMILES string of the molecule is CCN(C(=O)c1cc(F)ccc1Oc1cncnc1NCOC(=O)N1CCCCC1)C(C)C. The van der Waals surface area contributed by atoms with Crippen LogP contribution in [0.25, 0.3) is 0 Å². The Hall–Kier alpha value is -3.43. The molecule has 3 rings (SSSR count). The number of rotatable bonds is 8. The second-order valence-corrected chi connectivity index (χ2v) is 7.94. The third-order valence-corrected chi connectivity index (χ3v) is 5.35. The minimum absolute atomic E-state index is 0.0644. The molecule has 0 bridgehead atoms. The van der Waals surface area contributed by atoms with Crippen molar-refractivity contribution in [3.63, 3.8) is 0 Å². The van der Waals surface area contributed by atoms with E-state index in [1.807, 2.05) is 20.8 Å². The number of nitrogens with one attached hydrogen (secondary N) is 1. The maximum Gasteiger partial charge on any atom is 0.411 e. The van der Waals surface area contributed by atoms with Gasteiger partial charge in [-0.15, -0.1) is 0 Å². The van der Waals surface area contributed by atoms with E-state index in [0.717, 1.165) is 25.3 Å². The molecule has 1 fully saturated rings. The summed E-state index contributed by atoms with van der Waals surface area (Å²) in [5.74, 6) is -0.236. The number of amides is 2. The van der Waals surface area contributed by atoms with Crippen LogP contribution in [0.15, 0.2) is 30.7 Å². The molecule has 0 aliphatic carbocycles. The Labute approximate surface area is 192 Å². The van der Waals surface area contributed by atoms with Crippen molar-refractivity contribution in [3.8, 4) is 11.5 Å². The molecule has 1 saturated heterocycles. The Kier molecular flexibility index (Phi) is 8.39. The zero-order valence-electron chi connectivity index (χ0n) is 19.2. The molecule has 1 aliphatic heterocycles. The second-order valence-electron chi connectivity index (χ2n) is 7.94. The molecule has 10 heteroatoms. The first-order valence-electron chi connectivity index (χ1n) is 11.1. The van der Waals surface area contributed by atoms with E-state index in [-0.39, 0.29) is 41.6 Å². The van der Waals surface area contributed by atoms with Gasteiger partial charge in [0.05, 0.1) is 11.8 Å². The molecular formula is C23H30FN5O4. The lowest BCUT2D eigenvalue weighted by molar-refractivity contribution is 0.0713. The minimum atomic E-state index is -0.544. The first-order chi connectivity index (χ1) is 15.9. The van der Waals surface area contributed by atoms with E-state index in [0.29, 0.717) is 19.6 Å². The number of hydrogen-bond donors (Lipinski definition) is 1. The monoisotopic (exact) mass is 459 g/mol. The minimum Gasteiger partial charge on any atom is -0.451 e. The van der Waals surface area contributed by atoms with Crippen molar-refractivity contribution >= 4 is 17.8 Å². The molecule has 33 heavy (non-hydrogen) atoms. The largest absolute Gasteiger partial charge is 0.451 e. The standard InChI is InChI=1S/C23H30FN5O4/c1-4-29(16(2)3)22(30)18-12-17(24)8-9-19(18)33-20-13-25-14-26-21(20)27-15-32-23(31)28-10-6-5-7-11-28/h8-9,12-14,16H,4-7,10-11,15H2,1-3H3,(H,25,26,27). The number of carbonyl (C=O) groups excluding carboxylic acids is 2. The van der Waals surface area contributed by atoms with Gasteiger partial charge in [0.25, 0.3) is 5.91 Å². The van der Waals surface area contributed by atoms with Crippen molar-refractivity contribution < 1.29 is 23.5 Å². The van der Waals surface area contributed by atoms with E-state index >= 15 is 0 Å². The highest BCUT2D eigenvalue weighted by Crippen LogP contribution is 2.31. The lowest BCUT2D eigenvalue weighted by atomic mass is 10.1. The summed E-state index contributed by atoms with van der Waals surface area (Å²) >= 11 is 0. The smallest absolute Gasteiger partial charge is 0.411 e. The molecule has 2 heterocycles. The van der Waals surface area contributed by atoms with E-state index in [9.17, 15) is 14.0 Å². The summed E-state index contributed by atoms with van der Waals surface area (Å²) in [7, 11) is 0. The number of piperidine rings is 1. The second kappa shape index (κ2) is 11.4. The van der Waals surface area contributed by atoms with Crippen LogP contribution < -0.4 is 10.1 Å². The van der Waals surface area contributed by atoms with Crippen LogP contribution in [-0.4, -0.2) is 64.2 Å². The van der Waals surface area contributed by atoms with Gasteiger partial charge in [0, 0.05) is 25.7 Å². The summed E-state index contributed by atoms with van der Waals surface area (Å²) in [6, 6.07) is 3.70. The van der Waals surface area contributed by atoms with Gasteiger partial charge in [0.15, 0.2) is 18.3 Å². The first-order valence-corrected chi connectivity index (χ1v) is 11.1. The molecule has 1 aromatic heterocycles. The number of hydrogen-bond acceptors (Lipinski definition) is 7. The van der Waals surface area contributed by atoms with Crippen LogP contribution in [-0.2, 0) is 4.74 Å². The molecule has 0 atom stereocenters. The number of benzene rings is 1. The fourth-order valence-corrected chi connectivity index (χ4v) is 3.63. The molecule has 1 N–H and O–H groups in total. The van der Waals surface area contributed by atoms with Crippen molar-refractivity contribution in [1.29, 1.82) is 0 Å². The van der Waals surface area contributed by atoms with Crippen molar-refractivity contribution in [1.82, 2.24) is 19.8 Å². The van der Waals surface area contributed by atoms with Crippen molar-refractivity contribution in [3.05, 3.63) is 42.1 Å². The summed E-state index contributed by atoms with van der Waals surface area (Å²) in [6.45, 7) is 7.36. The van der Waals surface area contributed by atoms with E-state index in [2.05, 4.69) is 15.3 Å². The topological polar surface area (TPSA) is 96.9 Å². The molecule has 2 aromatic rings. The third kappa shape index (κ3) is 6.30. The van der Waals surface area contributed by atoms with Gasteiger partial charge in [-0.3, -0.25) is 4.79 Å². The van der Waals surface area contributed by atoms with Gasteiger partial charge in [-0.05, 0) is 58.2 Å². The highest BCUT2D eigenvalue weighted by Gasteiger charge is 2.23. The average molecular weight is 460 g/mol. The van der Waals surface area contributed by atoms with Gasteiger partial charge in [-0.2, -0.15) is 0 Å². The van der Waals surface area contributed by atoms with Gasteiger partial charge in [-0.1, -0.05) is 0 Å². The molecule has 0 saturated carbocycles. The van der Waals surface area contributed by atoms with Crippen LogP contribution >= 0.6 is 0 Å². The lowest BCUT2D eigenvalue weighted by Gasteiger charge is -2.26. The molecule has 1 aliphatic rings. The molecule has 2 amide bonds. The van der Waals surface area contributed by atoms with Crippen molar-refractivity contribution in [2.24, 2.45) is 0 Å². The predicted molar refractivity (Wildman–Crippen MR) is 121 cm³/mol. The summed E-state index contributed by atoms with van der Waals surface area (Å²) < 4.78 is 25.2. The Bertz CT molecular complexity index is 966. The Morgan fingerprint density at radius 1 is 1.21 bits per heavy atom. The number of likely N-dealkylation sites (tertiary alicyclic amines) is 1. The first kappa shape index (κ1) is 24.2. The van der Waals surface area contributed by atoms with Crippen LogP contribution in [0, 0.1) is 5.82 Å². The molecule has 0 unspecified atom stereocenters. The number of nitrogens with zero attached hydrogens (tertiary/aromatic N) is 4. The number of ether oxygens (including phenoxy) is 2. The molecular weight excluding hydrogens is 429 g/mol. The van der Waals surface area contributed by atoms with Crippen LogP contribution in [0.5, 0.6) is 11.5 Å². The fourth-order valence-electron chi connectivity index (χ4n) is 3.63. The quantitative estimate of drug-likeness (QED) is 0.589. The van der Waals surface area contributed by atoms with E-state index in [1.54, 1.807) is 9.80 Å². The molecule has 178 valence electrons. The van der Waals surface area contributed by atoms with Crippen molar-refractivity contribution in [2.75, 3.05) is 31.7 Å². The summed E-state index contributed by atoms with van der Waals surface area (Å²) in [5.41, 5.74) is 0.0943. The zero-order chi connectivity index (χ0) is 23.8. The van der Waals surface area contributed by atoms with Crippen molar-refractivity contribution in [2.45, 2.75) is 46.1 Å². The zero-order valence-corrected chi connectivity index (χ0v) is 19.2. The summed E-state index contributed by atoms with van der Waals surface area (Å²) in [4.78, 5) is 36.6. The highest BCUT2D eigenvalue weighted by molar-refractivity contribution is 5.97. The number of carbonyl (C=O) groups is 2. The fraction of sp³-hybridized carbons (Fsp3) is 0.478.